The number of anilines is 2. The molecule has 3 aromatic carbocycles. The Balaban J connectivity index is 1.60. The molecule has 0 atom stereocenters. The predicted octanol–water partition coefficient (Wildman–Crippen LogP) is 4.38. The van der Waals surface area contributed by atoms with Crippen molar-refractivity contribution in [3.63, 3.8) is 0 Å². The third kappa shape index (κ3) is 4.19. The number of hydrogen-bond acceptors (Lipinski definition) is 3. The van der Waals surface area contributed by atoms with Crippen molar-refractivity contribution in [3.8, 4) is 0 Å². The first-order valence-electron chi connectivity index (χ1n) is 9.77. The summed E-state index contributed by atoms with van der Waals surface area (Å²) < 4.78 is 55.6. The second kappa shape index (κ2) is 8.12. The number of para-hydroxylation sites is 1. The van der Waals surface area contributed by atoms with Crippen LogP contribution in [0, 0.1) is 5.82 Å². The van der Waals surface area contributed by atoms with E-state index in [1.807, 2.05) is 0 Å². The van der Waals surface area contributed by atoms with Gasteiger partial charge in [-0.15, -0.1) is 0 Å². The number of carbonyl (C=O) groups excluding carboxylic acids is 1. The van der Waals surface area contributed by atoms with Crippen molar-refractivity contribution >= 4 is 28.3 Å². The molecule has 4 aromatic rings. The zero-order chi connectivity index (χ0) is 23.9. The number of nitrogens with zero attached hydrogens (tertiary/aromatic N) is 2. The lowest BCUT2D eigenvalue weighted by Crippen LogP contribution is -2.23. The monoisotopic (exact) mass is 458 g/mol. The van der Waals surface area contributed by atoms with Gasteiger partial charge in [-0.3, -0.25) is 13.9 Å². The maximum absolute atomic E-state index is 13.4. The molecule has 4 rings (SSSR count). The summed E-state index contributed by atoms with van der Waals surface area (Å²) in [4.78, 5) is 25.1. The standard InChI is InChI=1S/C23H18F4N4O2/c1-30-20-16(23(25,26)27)3-2-4-19(20)31(22(30)33)12-13-5-7-14(8-6-13)21(32)29-18-10-9-15(24)11-17(18)28/h2-11H,12,28H2,1H3,(H,29,32). The van der Waals surface area contributed by atoms with Gasteiger partial charge >= 0.3 is 11.9 Å². The number of nitrogens with two attached hydrogens (primary N) is 1. The summed E-state index contributed by atoms with van der Waals surface area (Å²) in [7, 11) is 1.30. The van der Waals surface area contributed by atoms with Crippen LogP contribution in [0.25, 0.3) is 11.0 Å². The van der Waals surface area contributed by atoms with E-state index in [1.165, 1.54) is 48.0 Å². The third-order valence-corrected chi connectivity index (χ3v) is 5.28. The maximum atomic E-state index is 13.4. The summed E-state index contributed by atoms with van der Waals surface area (Å²) in [5, 5.41) is 2.58. The van der Waals surface area contributed by atoms with E-state index in [0.29, 0.717) is 5.56 Å². The minimum Gasteiger partial charge on any atom is -0.397 e. The molecular weight excluding hydrogens is 440 g/mol. The van der Waals surface area contributed by atoms with E-state index in [0.717, 1.165) is 16.7 Å². The van der Waals surface area contributed by atoms with Gasteiger partial charge in [-0.25, -0.2) is 9.18 Å². The molecule has 0 spiro atoms. The van der Waals surface area contributed by atoms with Crippen LogP contribution >= 0.6 is 0 Å². The Morgan fingerprint density at radius 2 is 1.76 bits per heavy atom. The summed E-state index contributed by atoms with van der Waals surface area (Å²) in [6, 6.07) is 13.5. The van der Waals surface area contributed by atoms with Gasteiger partial charge in [-0.05, 0) is 48.0 Å². The van der Waals surface area contributed by atoms with Gasteiger partial charge < -0.3 is 11.1 Å². The van der Waals surface area contributed by atoms with Gasteiger partial charge in [0.15, 0.2) is 0 Å². The topological polar surface area (TPSA) is 82.0 Å². The number of nitrogens with one attached hydrogen (secondary N) is 1. The summed E-state index contributed by atoms with van der Waals surface area (Å²) in [5.74, 6) is -1.00. The number of carbonyl (C=O) groups is 1. The largest absolute Gasteiger partial charge is 0.418 e. The second-order valence-corrected chi connectivity index (χ2v) is 7.48. The van der Waals surface area contributed by atoms with Crippen LogP contribution in [-0.4, -0.2) is 15.0 Å². The Labute approximate surface area is 184 Å². The van der Waals surface area contributed by atoms with Gasteiger partial charge in [0.2, 0.25) is 0 Å². The number of halogens is 4. The number of alkyl halides is 3. The highest BCUT2D eigenvalue weighted by Crippen LogP contribution is 2.34. The minimum absolute atomic E-state index is 0.0181. The first-order valence-corrected chi connectivity index (χ1v) is 9.77. The molecular formula is C23H18F4N4O2. The quantitative estimate of drug-likeness (QED) is 0.352. The van der Waals surface area contributed by atoms with Crippen LogP contribution in [0.1, 0.15) is 21.5 Å². The maximum Gasteiger partial charge on any atom is 0.418 e. The molecule has 0 aliphatic carbocycles. The number of aromatic nitrogens is 2. The Hall–Kier alpha value is -4.08. The van der Waals surface area contributed by atoms with Crippen LogP contribution in [0.4, 0.5) is 28.9 Å². The average Bonchev–Trinajstić information content (AvgIpc) is 3.00. The fraction of sp³-hybridized carbons (Fsp3) is 0.130. The van der Waals surface area contributed by atoms with Crippen LogP contribution in [0.5, 0.6) is 0 Å². The van der Waals surface area contributed by atoms with E-state index in [9.17, 15) is 27.2 Å². The number of fused-ring (bicyclic) bond motifs is 1. The highest BCUT2D eigenvalue weighted by molar-refractivity contribution is 6.05. The molecule has 1 heterocycles. The fourth-order valence-corrected chi connectivity index (χ4v) is 3.65. The van der Waals surface area contributed by atoms with Crippen molar-refractivity contribution < 1.29 is 22.4 Å². The SMILES string of the molecule is Cn1c(=O)n(Cc2ccc(C(=O)Nc3ccc(F)cc3N)cc2)c2cccc(C(F)(F)F)c21. The molecule has 0 fully saturated rings. The van der Waals surface area contributed by atoms with Crippen LogP contribution in [0.15, 0.2) is 65.5 Å². The number of rotatable bonds is 4. The number of aryl methyl sites for hydroxylation is 1. The first kappa shape index (κ1) is 22.1. The average molecular weight is 458 g/mol. The summed E-state index contributed by atoms with van der Waals surface area (Å²) in [6.45, 7) is 0.0181. The normalized spacial score (nSPS) is 11.7. The van der Waals surface area contributed by atoms with E-state index in [1.54, 1.807) is 12.1 Å². The Morgan fingerprint density at radius 3 is 2.39 bits per heavy atom. The lowest BCUT2D eigenvalue weighted by Gasteiger charge is -2.10. The van der Waals surface area contributed by atoms with Gasteiger partial charge in [-0.1, -0.05) is 18.2 Å². The Bertz CT molecular complexity index is 1420. The summed E-state index contributed by atoms with van der Waals surface area (Å²) in [5.41, 5.74) is 5.42. The molecule has 1 amide bonds. The molecule has 0 saturated carbocycles. The minimum atomic E-state index is -4.60. The molecule has 0 aliphatic heterocycles. The van der Waals surface area contributed by atoms with E-state index in [4.69, 9.17) is 5.73 Å². The van der Waals surface area contributed by atoms with Gasteiger partial charge in [0.05, 0.1) is 34.5 Å². The summed E-state index contributed by atoms with van der Waals surface area (Å²) in [6.07, 6.45) is -4.60. The van der Waals surface area contributed by atoms with Crippen LogP contribution < -0.4 is 16.7 Å². The molecule has 6 nitrogen and oxygen atoms in total. The van der Waals surface area contributed by atoms with E-state index in [-0.39, 0.29) is 34.5 Å². The molecule has 0 aliphatic rings. The van der Waals surface area contributed by atoms with Crippen LogP contribution in [0.2, 0.25) is 0 Å². The van der Waals surface area contributed by atoms with Crippen molar-refractivity contribution in [2.24, 2.45) is 7.05 Å². The van der Waals surface area contributed by atoms with E-state index >= 15 is 0 Å². The first-order chi connectivity index (χ1) is 15.6. The van der Waals surface area contributed by atoms with E-state index < -0.39 is 29.2 Å². The summed E-state index contributed by atoms with van der Waals surface area (Å²) >= 11 is 0. The van der Waals surface area contributed by atoms with Gasteiger partial charge in [0.25, 0.3) is 5.91 Å². The van der Waals surface area contributed by atoms with Crippen molar-refractivity contribution in [2.75, 3.05) is 11.1 Å². The number of hydrogen-bond donors (Lipinski definition) is 2. The lowest BCUT2D eigenvalue weighted by atomic mass is 10.1. The smallest absolute Gasteiger partial charge is 0.397 e. The molecule has 0 radical (unpaired) electrons. The number of imidazole rings is 1. The highest BCUT2D eigenvalue weighted by atomic mass is 19.4. The lowest BCUT2D eigenvalue weighted by molar-refractivity contribution is -0.136. The second-order valence-electron chi connectivity index (χ2n) is 7.48. The predicted molar refractivity (Wildman–Crippen MR) is 116 cm³/mol. The number of nitrogen functional groups attached to an aromatic ring is 1. The molecule has 3 N–H and O–H groups in total. The van der Waals surface area contributed by atoms with Gasteiger partial charge in [-0.2, -0.15) is 13.2 Å². The van der Waals surface area contributed by atoms with Crippen molar-refractivity contribution in [2.45, 2.75) is 12.7 Å². The highest BCUT2D eigenvalue weighted by Gasteiger charge is 2.34. The molecule has 170 valence electrons. The molecule has 10 heteroatoms. The zero-order valence-corrected chi connectivity index (χ0v) is 17.3. The Morgan fingerprint density at radius 1 is 1.06 bits per heavy atom. The molecule has 1 aromatic heterocycles. The van der Waals surface area contributed by atoms with Crippen molar-refractivity contribution in [3.05, 3.63) is 93.7 Å². The molecule has 0 saturated heterocycles. The molecule has 0 unspecified atom stereocenters. The Kier molecular flexibility index (Phi) is 5.44. The van der Waals surface area contributed by atoms with E-state index in [2.05, 4.69) is 5.32 Å². The number of benzene rings is 3. The zero-order valence-electron chi connectivity index (χ0n) is 17.3. The fourth-order valence-electron chi connectivity index (χ4n) is 3.65. The third-order valence-electron chi connectivity index (χ3n) is 5.28. The van der Waals surface area contributed by atoms with Gasteiger partial charge in [0, 0.05) is 12.6 Å². The molecule has 0 bridgehead atoms. The van der Waals surface area contributed by atoms with Gasteiger partial charge in [0.1, 0.15) is 5.82 Å². The van der Waals surface area contributed by atoms with Crippen LogP contribution in [0.3, 0.4) is 0 Å². The van der Waals surface area contributed by atoms with Crippen molar-refractivity contribution in [1.82, 2.24) is 9.13 Å². The molecule has 33 heavy (non-hydrogen) atoms. The van der Waals surface area contributed by atoms with Crippen molar-refractivity contribution in [1.29, 1.82) is 0 Å². The number of amides is 1. The van der Waals surface area contributed by atoms with Crippen LogP contribution in [-0.2, 0) is 19.8 Å².